The van der Waals surface area contributed by atoms with E-state index >= 15 is 0 Å². The molecule has 112 valence electrons. The standard InChI is InChI=1S/C16H21BrN4/c1-19(2)9-13-7-8-20(10-13)14-3-5-15(6-4-14)21-11-16(17)18-12-21/h3-6,11-13H,7-10H2,1-2H3. The number of halogens is 1. The summed E-state index contributed by atoms with van der Waals surface area (Å²) in [7, 11) is 4.31. The molecule has 0 radical (unpaired) electrons. The smallest absolute Gasteiger partial charge is 0.124 e. The Kier molecular flexibility index (Phi) is 4.31. The van der Waals surface area contributed by atoms with Crippen molar-refractivity contribution in [2.75, 3.05) is 38.6 Å². The summed E-state index contributed by atoms with van der Waals surface area (Å²) in [6.07, 6.45) is 5.08. The Balaban J connectivity index is 1.68. The van der Waals surface area contributed by atoms with Gasteiger partial charge in [-0.05, 0) is 66.6 Å². The molecule has 5 heteroatoms. The van der Waals surface area contributed by atoms with E-state index in [0.717, 1.165) is 29.3 Å². The van der Waals surface area contributed by atoms with Crippen molar-refractivity contribution in [1.29, 1.82) is 0 Å². The van der Waals surface area contributed by atoms with Gasteiger partial charge < -0.3 is 14.4 Å². The summed E-state index contributed by atoms with van der Waals surface area (Å²) in [5.41, 5.74) is 2.46. The first-order valence-corrected chi connectivity index (χ1v) is 8.11. The van der Waals surface area contributed by atoms with Gasteiger partial charge in [0.25, 0.3) is 0 Å². The van der Waals surface area contributed by atoms with Crippen LogP contribution in [0.5, 0.6) is 0 Å². The van der Waals surface area contributed by atoms with Crippen LogP contribution < -0.4 is 4.90 Å². The molecule has 4 nitrogen and oxygen atoms in total. The highest BCUT2D eigenvalue weighted by Crippen LogP contribution is 2.25. The number of anilines is 1. The van der Waals surface area contributed by atoms with Crippen LogP contribution in [0.3, 0.4) is 0 Å². The lowest BCUT2D eigenvalue weighted by molar-refractivity contribution is 0.340. The number of hydrogen-bond donors (Lipinski definition) is 0. The molecule has 3 rings (SSSR count). The highest BCUT2D eigenvalue weighted by atomic mass is 79.9. The maximum absolute atomic E-state index is 4.19. The van der Waals surface area contributed by atoms with Crippen molar-refractivity contribution in [3.63, 3.8) is 0 Å². The van der Waals surface area contributed by atoms with Gasteiger partial charge in [0.2, 0.25) is 0 Å². The first-order chi connectivity index (χ1) is 10.1. The minimum Gasteiger partial charge on any atom is -0.371 e. The number of benzene rings is 1. The van der Waals surface area contributed by atoms with Gasteiger partial charge >= 0.3 is 0 Å². The topological polar surface area (TPSA) is 24.3 Å². The van der Waals surface area contributed by atoms with Crippen molar-refractivity contribution in [3.8, 4) is 5.69 Å². The lowest BCUT2D eigenvalue weighted by atomic mass is 10.1. The van der Waals surface area contributed by atoms with Crippen molar-refractivity contribution >= 4 is 21.6 Å². The highest BCUT2D eigenvalue weighted by molar-refractivity contribution is 9.10. The Bertz CT molecular complexity index is 591. The summed E-state index contributed by atoms with van der Waals surface area (Å²) in [5, 5.41) is 0. The molecule has 1 aromatic heterocycles. The molecular weight excluding hydrogens is 328 g/mol. The van der Waals surface area contributed by atoms with Gasteiger partial charge in [-0.25, -0.2) is 4.98 Å². The molecule has 1 saturated heterocycles. The molecule has 0 saturated carbocycles. The number of hydrogen-bond acceptors (Lipinski definition) is 3. The fourth-order valence-electron chi connectivity index (χ4n) is 3.01. The molecule has 1 aliphatic heterocycles. The van der Waals surface area contributed by atoms with Crippen molar-refractivity contribution in [2.24, 2.45) is 5.92 Å². The van der Waals surface area contributed by atoms with Crippen molar-refractivity contribution < 1.29 is 0 Å². The minimum atomic E-state index is 0.782. The van der Waals surface area contributed by atoms with E-state index in [4.69, 9.17) is 0 Å². The Labute approximate surface area is 134 Å². The van der Waals surface area contributed by atoms with Crippen LogP contribution in [0.2, 0.25) is 0 Å². The van der Waals surface area contributed by atoms with Gasteiger partial charge in [0.15, 0.2) is 0 Å². The third-order valence-corrected chi connectivity index (χ3v) is 4.38. The second kappa shape index (κ2) is 6.20. The van der Waals surface area contributed by atoms with Gasteiger partial charge in [0.1, 0.15) is 10.9 Å². The summed E-state index contributed by atoms with van der Waals surface area (Å²) in [4.78, 5) is 8.97. The van der Waals surface area contributed by atoms with E-state index in [-0.39, 0.29) is 0 Å². The summed E-state index contributed by atoms with van der Waals surface area (Å²) in [5.74, 6) is 0.782. The molecule has 1 aliphatic rings. The molecule has 2 aromatic rings. The Morgan fingerprint density at radius 3 is 2.57 bits per heavy atom. The van der Waals surface area contributed by atoms with Gasteiger partial charge in [0.05, 0.1) is 0 Å². The monoisotopic (exact) mass is 348 g/mol. The van der Waals surface area contributed by atoms with Gasteiger partial charge in [-0.15, -0.1) is 0 Å². The minimum absolute atomic E-state index is 0.782. The Morgan fingerprint density at radius 1 is 1.24 bits per heavy atom. The van der Waals surface area contributed by atoms with E-state index in [0.29, 0.717) is 0 Å². The predicted molar refractivity (Wildman–Crippen MR) is 90.1 cm³/mol. The molecule has 0 spiro atoms. The zero-order chi connectivity index (χ0) is 14.8. The molecular formula is C16H21BrN4. The van der Waals surface area contributed by atoms with Crippen LogP contribution in [-0.2, 0) is 0 Å². The summed E-state index contributed by atoms with van der Waals surface area (Å²) < 4.78 is 2.88. The fourth-order valence-corrected chi connectivity index (χ4v) is 3.32. The van der Waals surface area contributed by atoms with Gasteiger partial charge in [-0.3, -0.25) is 0 Å². The zero-order valence-electron chi connectivity index (χ0n) is 12.5. The first-order valence-electron chi connectivity index (χ1n) is 7.31. The number of nitrogens with zero attached hydrogens (tertiary/aromatic N) is 4. The number of aromatic nitrogens is 2. The predicted octanol–water partition coefficient (Wildman–Crippen LogP) is 3.02. The maximum Gasteiger partial charge on any atom is 0.124 e. The molecule has 2 heterocycles. The van der Waals surface area contributed by atoms with Crippen LogP contribution in [0.1, 0.15) is 6.42 Å². The highest BCUT2D eigenvalue weighted by Gasteiger charge is 2.22. The van der Waals surface area contributed by atoms with E-state index in [9.17, 15) is 0 Å². The zero-order valence-corrected chi connectivity index (χ0v) is 14.1. The van der Waals surface area contributed by atoms with Crippen LogP contribution in [0.15, 0.2) is 41.4 Å². The molecule has 0 aliphatic carbocycles. The van der Waals surface area contributed by atoms with Crippen LogP contribution >= 0.6 is 15.9 Å². The number of imidazole rings is 1. The second-order valence-corrected chi connectivity index (χ2v) is 6.80. The molecule has 1 atom stereocenters. The molecule has 0 N–H and O–H groups in total. The SMILES string of the molecule is CN(C)CC1CCN(c2ccc(-n3cnc(Br)c3)cc2)C1. The quantitative estimate of drug-likeness (QED) is 0.848. The fraction of sp³-hybridized carbons (Fsp3) is 0.438. The van der Waals surface area contributed by atoms with Gasteiger partial charge in [0, 0.05) is 37.2 Å². The van der Waals surface area contributed by atoms with Gasteiger partial charge in [-0.1, -0.05) is 0 Å². The second-order valence-electron chi connectivity index (χ2n) is 5.98. The van der Waals surface area contributed by atoms with E-state index in [2.05, 4.69) is 69.1 Å². The molecule has 0 amide bonds. The Hall–Kier alpha value is -1.33. The van der Waals surface area contributed by atoms with Gasteiger partial charge in [-0.2, -0.15) is 0 Å². The van der Waals surface area contributed by atoms with Crippen molar-refractivity contribution in [2.45, 2.75) is 6.42 Å². The van der Waals surface area contributed by atoms with Crippen LogP contribution in [-0.4, -0.2) is 48.2 Å². The average molecular weight is 349 g/mol. The average Bonchev–Trinajstić information content (AvgIpc) is 3.08. The third kappa shape index (κ3) is 3.47. The Morgan fingerprint density at radius 2 is 1.95 bits per heavy atom. The van der Waals surface area contributed by atoms with Crippen molar-refractivity contribution in [3.05, 3.63) is 41.4 Å². The van der Waals surface area contributed by atoms with E-state index < -0.39 is 0 Å². The summed E-state index contributed by atoms with van der Waals surface area (Å²) in [6.45, 7) is 3.50. The van der Waals surface area contributed by atoms with Crippen LogP contribution in [0, 0.1) is 5.92 Å². The third-order valence-electron chi connectivity index (χ3n) is 3.97. The molecule has 1 aromatic carbocycles. The van der Waals surface area contributed by atoms with Crippen molar-refractivity contribution in [1.82, 2.24) is 14.5 Å². The molecule has 0 bridgehead atoms. The van der Waals surface area contributed by atoms with Crippen LogP contribution in [0.4, 0.5) is 5.69 Å². The van der Waals surface area contributed by atoms with E-state index in [1.165, 1.54) is 18.7 Å². The maximum atomic E-state index is 4.19. The summed E-state index contributed by atoms with van der Waals surface area (Å²) in [6, 6.07) is 8.73. The summed E-state index contributed by atoms with van der Waals surface area (Å²) >= 11 is 3.38. The lowest BCUT2D eigenvalue weighted by Crippen LogP contribution is -2.25. The lowest BCUT2D eigenvalue weighted by Gasteiger charge is -2.20. The number of rotatable bonds is 4. The molecule has 21 heavy (non-hydrogen) atoms. The first kappa shape index (κ1) is 14.6. The van der Waals surface area contributed by atoms with Crippen LogP contribution in [0.25, 0.3) is 5.69 Å². The molecule has 1 fully saturated rings. The van der Waals surface area contributed by atoms with E-state index in [1.807, 2.05) is 17.1 Å². The normalized spacial score (nSPS) is 18.7. The van der Waals surface area contributed by atoms with E-state index in [1.54, 1.807) is 0 Å². The molecule has 1 unspecified atom stereocenters. The largest absolute Gasteiger partial charge is 0.371 e.